The standard InChI is InChI=1S/C18H17FN2O2/c1-10-13(3-2-4-14(10)19)18(17(22)23)7-12-9-20-16(11-5-6-11)21-15(12)8-18/h2-4,9,11H,5-8H2,1H3,(H,22,23)/t18-/m1/s1. The maximum Gasteiger partial charge on any atom is 0.314 e. The van der Waals surface area contributed by atoms with E-state index in [9.17, 15) is 14.3 Å². The minimum absolute atomic E-state index is 0.296. The average molecular weight is 312 g/mol. The first-order valence-corrected chi connectivity index (χ1v) is 7.85. The van der Waals surface area contributed by atoms with Crippen LogP contribution in [-0.4, -0.2) is 21.0 Å². The lowest BCUT2D eigenvalue weighted by Gasteiger charge is -2.26. The predicted molar refractivity (Wildman–Crippen MR) is 81.9 cm³/mol. The van der Waals surface area contributed by atoms with Crippen molar-refractivity contribution >= 4 is 5.97 Å². The van der Waals surface area contributed by atoms with Gasteiger partial charge in [0.2, 0.25) is 0 Å². The van der Waals surface area contributed by atoms with Crippen molar-refractivity contribution in [3.05, 3.63) is 58.4 Å². The molecule has 0 aliphatic heterocycles. The van der Waals surface area contributed by atoms with E-state index in [0.29, 0.717) is 29.9 Å². The molecule has 23 heavy (non-hydrogen) atoms. The summed E-state index contributed by atoms with van der Waals surface area (Å²) in [5, 5.41) is 9.92. The molecule has 0 saturated heterocycles. The number of nitrogens with zero attached hydrogens (tertiary/aromatic N) is 2. The van der Waals surface area contributed by atoms with E-state index < -0.39 is 11.4 Å². The number of aliphatic carboxylic acids is 1. The van der Waals surface area contributed by atoms with Crippen molar-refractivity contribution < 1.29 is 14.3 Å². The van der Waals surface area contributed by atoms with Gasteiger partial charge < -0.3 is 5.11 Å². The second-order valence-corrected chi connectivity index (χ2v) is 6.63. The van der Waals surface area contributed by atoms with Gasteiger partial charge in [0.15, 0.2) is 0 Å². The van der Waals surface area contributed by atoms with Crippen LogP contribution in [0.5, 0.6) is 0 Å². The fourth-order valence-corrected chi connectivity index (χ4v) is 3.55. The van der Waals surface area contributed by atoms with Gasteiger partial charge in [-0.3, -0.25) is 4.79 Å². The van der Waals surface area contributed by atoms with Gasteiger partial charge in [-0.25, -0.2) is 14.4 Å². The zero-order valence-corrected chi connectivity index (χ0v) is 12.8. The molecule has 118 valence electrons. The van der Waals surface area contributed by atoms with Gasteiger partial charge in [0.1, 0.15) is 17.1 Å². The SMILES string of the molecule is Cc1c(F)cccc1[C@@]1(C(=O)O)Cc2cnc(C3CC3)nc2C1. The van der Waals surface area contributed by atoms with Gasteiger partial charge in [-0.2, -0.15) is 0 Å². The molecule has 1 N–H and O–H groups in total. The van der Waals surface area contributed by atoms with E-state index in [4.69, 9.17) is 0 Å². The number of halogens is 1. The molecular weight excluding hydrogens is 295 g/mol. The molecule has 0 spiro atoms. The number of rotatable bonds is 3. The van der Waals surface area contributed by atoms with E-state index in [0.717, 1.165) is 29.9 Å². The number of benzene rings is 1. The summed E-state index contributed by atoms with van der Waals surface area (Å²) in [6.45, 7) is 1.64. The first kappa shape index (κ1) is 14.3. The van der Waals surface area contributed by atoms with Crippen molar-refractivity contribution in [2.24, 2.45) is 0 Å². The Kier molecular flexibility index (Phi) is 3.01. The summed E-state index contributed by atoms with van der Waals surface area (Å²) in [6, 6.07) is 4.65. The molecule has 2 aliphatic rings. The molecule has 2 aliphatic carbocycles. The van der Waals surface area contributed by atoms with Crippen LogP contribution in [0.4, 0.5) is 4.39 Å². The Balaban J connectivity index is 1.81. The summed E-state index contributed by atoms with van der Waals surface area (Å²) in [5.74, 6) is -0.0575. The molecule has 0 amide bonds. The molecule has 1 saturated carbocycles. The summed E-state index contributed by atoms with van der Waals surface area (Å²) in [5.41, 5.74) is 1.45. The second kappa shape index (κ2) is 4.85. The van der Waals surface area contributed by atoms with Crippen LogP contribution in [0.15, 0.2) is 24.4 Å². The molecule has 4 nitrogen and oxygen atoms in total. The van der Waals surface area contributed by atoms with Crippen LogP contribution in [0.25, 0.3) is 0 Å². The Morgan fingerprint density at radius 3 is 2.83 bits per heavy atom. The first-order valence-electron chi connectivity index (χ1n) is 7.85. The molecule has 4 rings (SSSR count). The summed E-state index contributed by atoms with van der Waals surface area (Å²) >= 11 is 0. The van der Waals surface area contributed by atoms with Crippen molar-refractivity contribution in [1.82, 2.24) is 9.97 Å². The average Bonchev–Trinajstić information content (AvgIpc) is 3.29. The Bertz CT molecular complexity index is 817. The highest BCUT2D eigenvalue weighted by atomic mass is 19.1. The summed E-state index contributed by atoms with van der Waals surface area (Å²) < 4.78 is 14.0. The third kappa shape index (κ3) is 2.14. The number of carboxylic acids is 1. The smallest absolute Gasteiger partial charge is 0.314 e. The van der Waals surface area contributed by atoms with Crippen molar-refractivity contribution in [2.45, 2.75) is 43.9 Å². The van der Waals surface area contributed by atoms with E-state index >= 15 is 0 Å². The molecule has 1 aromatic heterocycles. The molecule has 1 fully saturated rings. The van der Waals surface area contributed by atoms with Gasteiger partial charge in [-0.05, 0) is 48.9 Å². The quantitative estimate of drug-likeness (QED) is 0.946. The number of carbonyl (C=O) groups is 1. The van der Waals surface area contributed by atoms with Crippen molar-refractivity contribution in [2.75, 3.05) is 0 Å². The maximum absolute atomic E-state index is 14.0. The Labute approximate surface area is 133 Å². The lowest BCUT2D eigenvalue weighted by Crippen LogP contribution is -2.37. The molecule has 5 heteroatoms. The predicted octanol–water partition coefficient (Wildman–Crippen LogP) is 2.92. The zero-order valence-electron chi connectivity index (χ0n) is 12.8. The van der Waals surface area contributed by atoms with Crippen LogP contribution < -0.4 is 0 Å². The molecule has 0 bridgehead atoms. The van der Waals surface area contributed by atoms with Crippen LogP contribution in [0.2, 0.25) is 0 Å². The summed E-state index contributed by atoms with van der Waals surface area (Å²) in [7, 11) is 0. The van der Waals surface area contributed by atoms with E-state index in [-0.39, 0.29) is 5.82 Å². The molecule has 0 radical (unpaired) electrons. The normalized spacial score (nSPS) is 22.9. The number of carboxylic acid groups (broad SMARTS) is 1. The number of hydrogen-bond donors (Lipinski definition) is 1. The third-order valence-electron chi connectivity index (χ3n) is 5.07. The van der Waals surface area contributed by atoms with Crippen LogP contribution in [-0.2, 0) is 23.1 Å². The largest absolute Gasteiger partial charge is 0.481 e. The van der Waals surface area contributed by atoms with Crippen molar-refractivity contribution in [1.29, 1.82) is 0 Å². The fraction of sp³-hybridized carbons (Fsp3) is 0.389. The highest BCUT2D eigenvalue weighted by Gasteiger charge is 2.48. The first-order chi connectivity index (χ1) is 11.0. The van der Waals surface area contributed by atoms with Crippen molar-refractivity contribution in [3.8, 4) is 0 Å². The maximum atomic E-state index is 14.0. The topological polar surface area (TPSA) is 63.1 Å². The minimum atomic E-state index is -1.15. The summed E-state index contributed by atoms with van der Waals surface area (Å²) in [6.07, 6.45) is 4.57. The lowest BCUT2D eigenvalue weighted by atomic mass is 9.76. The van der Waals surface area contributed by atoms with Crippen molar-refractivity contribution in [3.63, 3.8) is 0 Å². The van der Waals surface area contributed by atoms with Crippen LogP contribution in [0.1, 0.15) is 47.0 Å². The van der Waals surface area contributed by atoms with Gasteiger partial charge in [0.25, 0.3) is 0 Å². The molecule has 1 aromatic carbocycles. The van der Waals surface area contributed by atoms with Crippen LogP contribution in [0, 0.1) is 12.7 Å². The highest BCUT2D eigenvalue weighted by Crippen LogP contribution is 2.43. The minimum Gasteiger partial charge on any atom is -0.481 e. The molecule has 1 heterocycles. The van der Waals surface area contributed by atoms with Gasteiger partial charge in [-0.1, -0.05) is 12.1 Å². The second-order valence-electron chi connectivity index (χ2n) is 6.63. The molecule has 0 unspecified atom stereocenters. The third-order valence-corrected chi connectivity index (χ3v) is 5.07. The number of aromatic nitrogens is 2. The fourth-order valence-electron chi connectivity index (χ4n) is 3.55. The van der Waals surface area contributed by atoms with Gasteiger partial charge in [0.05, 0.1) is 0 Å². The molecule has 1 atom stereocenters. The van der Waals surface area contributed by atoms with E-state index in [1.807, 2.05) is 0 Å². The van der Waals surface area contributed by atoms with E-state index in [1.165, 1.54) is 6.07 Å². The Morgan fingerprint density at radius 2 is 2.13 bits per heavy atom. The van der Waals surface area contributed by atoms with Crippen LogP contribution in [0.3, 0.4) is 0 Å². The molecular formula is C18H17FN2O2. The lowest BCUT2D eigenvalue weighted by molar-refractivity contribution is -0.143. The summed E-state index contributed by atoms with van der Waals surface area (Å²) in [4.78, 5) is 21.1. The molecule has 2 aromatic rings. The van der Waals surface area contributed by atoms with Gasteiger partial charge in [-0.15, -0.1) is 0 Å². The van der Waals surface area contributed by atoms with Gasteiger partial charge >= 0.3 is 5.97 Å². The van der Waals surface area contributed by atoms with Gasteiger partial charge in [0, 0.05) is 24.2 Å². The Hall–Kier alpha value is -2.30. The van der Waals surface area contributed by atoms with E-state index in [2.05, 4.69) is 9.97 Å². The zero-order chi connectivity index (χ0) is 16.2. The van der Waals surface area contributed by atoms with E-state index in [1.54, 1.807) is 25.3 Å². The highest BCUT2D eigenvalue weighted by molar-refractivity contribution is 5.84. The monoisotopic (exact) mass is 312 g/mol. The Morgan fingerprint density at radius 1 is 1.35 bits per heavy atom. The number of fused-ring (bicyclic) bond motifs is 1. The number of hydrogen-bond acceptors (Lipinski definition) is 3. The van der Waals surface area contributed by atoms with Crippen LogP contribution >= 0.6 is 0 Å².